The van der Waals surface area contributed by atoms with Gasteiger partial charge in [0.1, 0.15) is 12.1 Å². The lowest BCUT2D eigenvalue weighted by Crippen LogP contribution is -2.06. The Kier molecular flexibility index (Phi) is 3.30. The molecule has 3 aromatic rings. The van der Waals surface area contributed by atoms with Gasteiger partial charge in [-0.3, -0.25) is 4.57 Å². The third kappa shape index (κ3) is 2.59. The zero-order chi connectivity index (χ0) is 13.9. The first-order valence-electron chi connectivity index (χ1n) is 5.64. The van der Waals surface area contributed by atoms with Crippen molar-refractivity contribution in [2.24, 2.45) is 0 Å². The molecule has 0 aliphatic heterocycles. The van der Waals surface area contributed by atoms with Gasteiger partial charge in [0, 0.05) is 12.4 Å². The third-order valence-electron chi connectivity index (χ3n) is 2.39. The molecule has 2 N–H and O–H groups in total. The maximum Gasteiger partial charge on any atom is 0.240 e. The van der Waals surface area contributed by atoms with Crippen LogP contribution in [0.2, 0.25) is 0 Å². The Morgan fingerprint density at radius 2 is 2.00 bits per heavy atom. The van der Waals surface area contributed by atoms with E-state index in [1.54, 1.807) is 41.5 Å². The van der Waals surface area contributed by atoms with Gasteiger partial charge < -0.3 is 5.73 Å². The number of nitrogens with zero attached hydrogens (tertiary/aromatic N) is 5. The van der Waals surface area contributed by atoms with Crippen LogP contribution in [0.4, 0.5) is 10.3 Å². The summed E-state index contributed by atoms with van der Waals surface area (Å²) in [4.78, 5) is 16.6. The largest absolute Gasteiger partial charge is 0.368 e. The first-order valence-corrected chi connectivity index (χ1v) is 6.46. The van der Waals surface area contributed by atoms with Gasteiger partial charge in [-0.25, -0.2) is 9.37 Å². The minimum Gasteiger partial charge on any atom is -0.368 e. The second-order valence-electron chi connectivity index (χ2n) is 3.78. The summed E-state index contributed by atoms with van der Waals surface area (Å²) in [6.45, 7) is 0. The number of nitrogen functional groups attached to an aromatic ring is 1. The van der Waals surface area contributed by atoms with Gasteiger partial charge in [-0.05, 0) is 23.9 Å². The van der Waals surface area contributed by atoms with E-state index in [-0.39, 0.29) is 11.8 Å². The van der Waals surface area contributed by atoms with E-state index in [1.165, 1.54) is 6.07 Å². The normalized spacial score (nSPS) is 10.7. The fourth-order valence-corrected chi connectivity index (χ4v) is 2.30. The number of nitrogens with two attached hydrogens (primary N) is 1. The van der Waals surface area contributed by atoms with Crippen molar-refractivity contribution in [1.29, 1.82) is 0 Å². The number of aromatic nitrogens is 5. The smallest absolute Gasteiger partial charge is 0.240 e. The summed E-state index contributed by atoms with van der Waals surface area (Å²) in [6.07, 6.45) is 4.84. The summed E-state index contributed by atoms with van der Waals surface area (Å²) in [5.41, 5.74) is 5.65. The van der Waals surface area contributed by atoms with Crippen LogP contribution in [0.5, 0.6) is 0 Å². The molecule has 0 aliphatic carbocycles. The molecule has 0 spiro atoms. The Bertz CT molecular complexity index is 731. The van der Waals surface area contributed by atoms with Crippen molar-refractivity contribution in [1.82, 2.24) is 24.5 Å². The zero-order valence-corrected chi connectivity index (χ0v) is 11.0. The fraction of sp³-hybridized carbons (Fsp3) is 0. The van der Waals surface area contributed by atoms with E-state index < -0.39 is 0 Å². The Labute approximate surface area is 117 Å². The Hall–Kier alpha value is -2.48. The lowest BCUT2D eigenvalue weighted by atomic mass is 10.4. The molecule has 0 radical (unpaired) electrons. The van der Waals surface area contributed by atoms with Crippen molar-refractivity contribution in [2.45, 2.75) is 10.1 Å². The Morgan fingerprint density at radius 1 is 1.15 bits per heavy atom. The van der Waals surface area contributed by atoms with Crippen LogP contribution in [-0.4, -0.2) is 24.5 Å². The Morgan fingerprint density at radius 3 is 2.75 bits per heavy atom. The van der Waals surface area contributed by atoms with Crippen LogP contribution in [0.1, 0.15) is 0 Å². The van der Waals surface area contributed by atoms with Crippen molar-refractivity contribution in [3.05, 3.63) is 48.8 Å². The van der Waals surface area contributed by atoms with Crippen LogP contribution >= 0.6 is 11.8 Å². The summed E-state index contributed by atoms with van der Waals surface area (Å²) >= 11 is 1.09. The summed E-state index contributed by atoms with van der Waals surface area (Å²) in [7, 11) is 0. The van der Waals surface area contributed by atoms with Crippen LogP contribution in [0, 0.1) is 5.82 Å². The highest BCUT2D eigenvalue weighted by molar-refractivity contribution is 7.99. The maximum atomic E-state index is 13.6. The molecule has 8 heteroatoms. The van der Waals surface area contributed by atoms with Gasteiger partial charge in [-0.1, -0.05) is 12.1 Å². The van der Waals surface area contributed by atoms with E-state index in [9.17, 15) is 4.39 Å². The Balaban J connectivity index is 1.97. The van der Waals surface area contributed by atoms with E-state index in [4.69, 9.17) is 5.73 Å². The first kappa shape index (κ1) is 12.5. The number of halogens is 1. The topological polar surface area (TPSA) is 82.5 Å². The van der Waals surface area contributed by atoms with Gasteiger partial charge in [0.15, 0.2) is 5.16 Å². The molecule has 0 atom stereocenters. The van der Waals surface area contributed by atoms with E-state index in [2.05, 4.69) is 19.9 Å². The molecular formula is C12H9FN6S. The van der Waals surface area contributed by atoms with E-state index in [0.29, 0.717) is 16.0 Å². The number of benzene rings is 1. The zero-order valence-electron chi connectivity index (χ0n) is 10.1. The molecule has 3 rings (SSSR count). The number of rotatable bonds is 3. The van der Waals surface area contributed by atoms with Crippen molar-refractivity contribution in [3.63, 3.8) is 0 Å². The summed E-state index contributed by atoms with van der Waals surface area (Å²) in [5, 5.41) is 0.325. The van der Waals surface area contributed by atoms with Gasteiger partial charge in [0.2, 0.25) is 11.9 Å². The molecule has 20 heavy (non-hydrogen) atoms. The lowest BCUT2D eigenvalue weighted by Gasteiger charge is -2.05. The number of hydrogen-bond donors (Lipinski definition) is 1. The second kappa shape index (κ2) is 5.25. The van der Waals surface area contributed by atoms with Crippen molar-refractivity contribution >= 4 is 17.7 Å². The predicted molar refractivity (Wildman–Crippen MR) is 71.9 cm³/mol. The summed E-state index contributed by atoms with van der Waals surface area (Å²) < 4.78 is 15.2. The van der Waals surface area contributed by atoms with Gasteiger partial charge in [-0.15, -0.1) is 0 Å². The van der Waals surface area contributed by atoms with E-state index in [0.717, 1.165) is 11.8 Å². The molecule has 0 fully saturated rings. The highest BCUT2D eigenvalue weighted by Gasteiger charge is 2.10. The molecule has 1 aromatic carbocycles. The van der Waals surface area contributed by atoms with Crippen molar-refractivity contribution < 1.29 is 4.39 Å². The van der Waals surface area contributed by atoms with Gasteiger partial charge >= 0.3 is 0 Å². The van der Waals surface area contributed by atoms with E-state index in [1.807, 2.05) is 0 Å². The number of imidazole rings is 1. The van der Waals surface area contributed by atoms with Crippen LogP contribution in [0.3, 0.4) is 0 Å². The molecule has 0 unspecified atom stereocenters. The average Bonchev–Trinajstić information content (AvgIpc) is 2.95. The van der Waals surface area contributed by atoms with Crippen LogP contribution < -0.4 is 5.73 Å². The molecular weight excluding hydrogens is 279 g/mol. The maximum absolute atomic E-state index is 13.6. The standard InChI is InChI=1S/C12H9FN6S/c13-8-3-1-2-4-9(8)20-12-17-10(14)16-11(18-12)19-6-5-15-7-19/h1-7H,(H2,14,16,17,18). The summed E-state index contributed by atoms with van der Waals surface area (Å²) in [6, 6.07) is 6.39. The van der Waals surface area contributed by atoms with Crippen LogP contribution in [-0.2, 0) is 0 Å². The van der Waals surface area contributed by atoms with Gasteiger partial charge in [-0.2, -0.15) is 15.0 Å². The minimum absolute atomic E-state index is 0.0718. The highest BCUT2D eigenvalue weighted by Crippen LogP contribution is 2.27. The molecule has 0 saturated heterocycles. The molecule has 6 nitrogen and oxygen atoms in total. The molecule has 2 aromatic heterocycles. The molecule has 2 heterocycles. The van der Waals surface area contributed by atoms with Gasteiger partial charge in [0.05, 0.1) is 4.90 Å². The average molecular weight is 288 g/mol. The monoisotopic (exact) mass is 288 g/mol. The molecule has 0 saturated carbocycles. The van der Waals surface area contributed by atoms with Crippen LogP contribution in [0.25, 0.3) is 5.95 Å². The SMILES string of the molecule is Nc1nc(Sc2ccccc2F)nc(-n2ccnc2)n1. The van der Waals surface area contributed by atoms with Crippen molar-refractivity contribution in [3.8, 4) is 5.95 Å². The second-order valence-corrected chi connectivity index (χ2v) is 4.79. The molecule has 0 aliphatic rings. The van der Waals surface area contributed by atoms with Crippen LogP contribution in [0.15, 0.2) is 53.0 Å². The number of anilines is 1. The van der Waals surface area contributed by atoms with E-state index >= 15 is 0 Å². The lowest BCUT2D eigenvalue weighted by molar-refractivity contribution is 0.601. The summed E-state index contributed by atoms with van der Waals surface area (Å²) in [5.74, 6) is 0.0806. The first-order chi connectivity index (χ1) is 9.72. The van der Waals surface area contributed by atoms with Crippen molar-refractivity contribution in [2.75, 3.05) is 5.73 Å². The third-order valence-corrected chi connectivity index (χ3v) is 3.31. The quantitative estimate of drug-likeness (QED) is 0.793. The molecule has 0 amide bonds. The molecule has 0 bridgehead atoms. The molecule has 100 valence electrons. The minimum atomic E-state index is -0.333. The fourth-order valence-electron chi connectivity index (χ4n) is 1.53. The van der Waals surface area contributed by atoms with Gasteiger partial charge in [0.25, 0.3) is 0 Å². The number of hydrogen-bond acceptors (Lipinski definition) is 6. The predicted octanol–water partition coefficient (Wildman–Crippen LogP) is 1.93. The highest BCUT2D eigenvalue weighted by atomic mass is 32.2.